The molecule has 0 saturated heterocycles. The molecule has 2 N–H and O–H groups in total. The van der Waals surface area contributed by atoms with Gasteiger partial charge in [0.1, 0.15) is 0 Å². The minimum atomic E-state index is -1.02. The third-order valence-electron chi connectivity index (χ3n) is 3.52. The Morgan fingerprint density at radius 2 is 1.72 bits per heavy atom. The van der Waals surface area contributed by atoms with Crippen molar-refractivity contribution in [2.75, 3.05) is 10.6 Å². The van der Waals surface area contributed by atoms with Crippen molar-refractivity contribution >= 4 is 17.3 Å². The van der Waals surface area contributed by atoms with Gasteiger partial charge in [-0.25, -0.2) is 8.78 Å². The smallest absolute Gasteiger partial charge is 0.257 e. The highest BCUT2D eigenvalue weighted by Crippen LogP contribution is 2.16. The molecule has 0 radical (unpaired) electrons. The lowest BCUT2D eigenvalue weighted by Gasteiger charge is -2.09. The van der Waals surface area contributed by atoms with Crippen LogP contribution in [0.2, 0.25) is 0 Å². The molecule has 1 heterocycles. The summed E-state index contributed by atoms with van der Waals surface area (Å²) in [6.45, 7) is 0.594. The van der Waals surface area contributed by atoms with Crippen LogP contribution in [0, 0.1) is 11.6 Å². The average molecular weight is 339 g/mol. The van der Waals surface area contributed by atoms with Crippen LogP contribution >= 0.6 is 0 Å². The van der Waals surface area contributed by atoms with E-state index in [0.717, 1.165) is 17.7 Å². The summed E-state index contributed by atoms with van der Waals surface area (Å²) in [4.78, 5) is 16.3. The zero-order valence-electron chi connectivity index (χ0n) is 13.2. The second-order valence-electron chi connectivity index (χ2n) is 5.38. The number of halogens is 2. The number of rotatable bonds is 5. The highest BCUT2D eigenvalue weighted by atomic mass is 19.2. The molecule has 4 nitrogen and oxygen atoms in total. The Morgan fingerprint density at radius 1 is 0.920 bits per heavy atom. The van der Waals surface area contributed by atoms with Gasteiger partial charge >= 0.3 is 0 Å². The number of pyridine rings is 1. The topological polar surface area (TPSA) is 54.0 Å². The van der Waals surface area contributed by atoms with Crippen molar-refractivity contribution in [2.45, 2.75) is 6.54 Å². The number of hydrogen-bond acceptors (Lipinski definition) is 3. The molecule has 0 bridgehead atoms. The lowest BCUT2D eigenvalue weighted by Crippen LogP contribution is -2.13. The molecule has 3 rings (SSSR count). The van der Waals surface area contributed by atoms with Crippen LogP contribution in [0.15, 0.2) is 67.0 Å². The number of nitrogens with one attached hydrogen (secondary N) is 2. The molecule has 1 amide bonds. The van der Waals surface area contributed by atoms with Gasteiger partial charge in [0.15, 0.2) is 11.6 Å². The lowest BCUT2D eigenvalue weighted by atomic mass is 10.2. The molecule has 0 aliphatic rings. The molecule has 0 fully saturated rings. The highest BCUT2D eigenvalue weighted by Gasteiger charge is 2.09. The van der Waals surface area contributed by atoms with E-state index in [2.05, 4.69) is 15.6 Å². The van der Waals surface area contributed by atoms with E-state index in [1.165, 1.54) is 12.3 Å². The van der Waals surface area contributed by atoms with Crippen molar-refractivity contribution in [1.29, 1.82) is 0 Å². The molecular formula is C19H15F2N3O. The molecule has 0 aliphatic carbocycles. The van der Waals surface area contributed by atoms with Gasteiger partial charge in [-0.05, 0) is 23.8 Å². The molecule has 3 aromatic rings. The monoisotopic (exact) mass is 339 g/mol. The molecule has 0 saturated carbocycles. The van der Waals surface area contributed by atoms with Crippen LogP contribution in [0.5, 0.6) is 0 Å². The number of benzene rings is 2. The standard InChI is InChI=1S/C19H15F2N3O/c20-17-7-6-15(9-18(17)21)24-19(25)14-8-16(12-22-11-14)23-10-13-4-2-1-3-5-13/h1-9,11-12,23H,10H2,(H,24,25). The van der Waals surface area contributed by atoms with Gasteiger partial charge in [0.05, 0.1) is 11.3 Å². The van der Waals surface area contributed by atoms with Gasteiger partial charge in [0.2, 0.25) is 0 Å². The number of anilines is 2. The number of aromatic nitrogens is 1. The zero-order chi connectivity index (χ0) is 17.6. The quantitative estimate of drug-likeness (QED) is 0.732. The molecule has 126 valence electrons. The average Bonchev–Trinajstić information content (AvgIpc) is 2.64. The largest absolute Gasteiger partial charge is 0.380 e. The van der Waals surface area contributed by atoms with Crippen LogP contribution in [0.4, 0.5) is 20.2 Å². The molecule has 0 atom stereocenters. The SMILES string of the molecule is O=C(Nc1ccc(F)c(F)c1)c1cncc(NCc2ccccc2)c1. The summed E-state index contributed by atoms with van der Waals surface area (Å²) in [6, 6.07) is 14.6. The van der Waals surface area contributed by atoms with E-state index in [0.29, 0.717) is 17.8 Å². The van der Waals surface area contributed by atoms with Crippen LogP contribution in [0.1, 0.15) is 15.9 Å². The predicted molar refractivity (Wildman–Crippen MR) is 92.3 cm³/mol. The van der Waals surface area contributed by atoms with E-state index in [1.54, 1.807) is 12.3 Å². The van der Waals surface area contributed by atoms with Crippen molar-refractivity contribution in [1.82, 2.24) is 4.98 Å². The van der Waals surface area contributed by atoms with Gasteiger partial charge in [-0.2, -0.15) is 0 Å². The van der Waals surface area contributed by atoms with Crippen molar-refractivity contribution in [3.63, 3.8) is 0 Å². The number of hydrogen-bond donors (Lipinski definition) is 2. The first kappa shape index (κ1) is 16.6. The van der Waals surface area contributed by atoms with Gasteiger partial charge in [-0.1, -0.05) is 30.3 Å². The number of nitrogens with zero attached hydrogens (tertiary/aromatic N) is 1. The van der Waals surface area contributed by atoms with Crippen LogP contribution < -0.4 is 10.6 Å². The Morgan fingerprint density at radius 3 is 2.48 bits per heavy atom. The van der Waals surface area contributed by atoms with E-state index < -0.39 is 17.5 Å². The fraction of sp³-hybridized carbons (Fsp3) is 0.0526. The molecule has 1 aromatic heterocycles. The Labute approximate surface area is 143 Å². The summed E-state index contributed by atoms with van der Waals surface area (Å²) < 4.78 is 26.1. The van der Waals surface area contributed by atoms with Gasteiger partial charge < -0.3 is 10.6 Å². The zero-order valence-corrected chi connectivity index (χ0v) is 13.2. The van der Waals surface area contributed by atoms with Crippen molar-refractivity contribution < 1.29 is 13.6 Å². The van der Waals surface area contributed by atoms with Gasteiger partial charge in [0, 0.05) is 30.7 Å². The summed E-state index contributed by atoms with van der Waals surface area (Å²) in [5.74, 6) is -2.44. The fourth-order valence-electron chi connectivity index (χ4n) is 2.24. The second kappa shape index (κ2) is 7.53. The number of amides is 1. The summed E-state index contributed by atoms with van der Waals surface area (Å²) in [6.07, 6.45) is 3.01. The van der Waals surface area contributed by atoms with Crippen molar-refractivity contribution in [2.24, 2.45) is 0 Å². The summed E-state index contributed by atoms with van der Waals surface area (Å²) >= 11 is 0. The van der Waals surface area contributed by atoms with Crippen LogP contribution in [-0.4, -0.2) is 10.9 Å². The van der Waals surface area contributed by atoms with E-state index >= 15 is 0 Å². The van der Waals surface area contributed by atoms with Crippen molar-refractivity contribution in [3.8, 4) is 0 Å². The van der Waals surface area contributed by atoms with E-state index in [4.69, 9.17) is 0 Å². The Hall–Kier alpha value is -3.28. The summed E-state index contributed by atoms with van der Waals surface area (Å²) in [5, 5.41) is 5.70. The van der Waals surface area contributed by atoms with Crippen molar-refractivity contribution in [3.05, 3.63) is 89.8 Å². The minimum Gasteiger partial charge on any atom is -0.380 e. The third kappa shape index (κ3) is 4.38. The fourth-order valence-corrected chi connectivity index (χ4v) is 2.24. The molecule has 2 aromatic carbocycles. The van der Waals surface area contributed by atoms with Gasteiger partial charge in [-0.15, -0.1) is 0 Å². The van der Waals surface area contributed by atoms with Gasteiger partial charge in [0.25, 0.3) is 5.91 Å². The maximum absolute atomic E-state index is 13.2. The molecule has 0 spiro atoms. The Balaban J connectivity index is 1.67. The minimum absolute atomic E-state index is 0.173. The van der Waals surface area contributed by atoms with Crippen LogP contribution in [0.25, 0.3) is 0 Å². The first-order valence-corrected chi connectivity index (χ1v) is 7.61. The van der Waals surface area contributed by atoms with E-state index in [9.17, 15) is 13.6 Å². The number of carbonyl (C=O) groups excluding carboxylic acids is 1. The maximum atomic E-state index is 13.2. The third-order valence-corrected chi connectivity index (χ3v) is 3.52. The molecule has 0 aliphatic heterocycles. The van der Waals surface area contributed by atoms with Crippen LogP contribution in [0.3, 0.4) is 0 Å². The summed E-state index contributed by atoms with van der Waals surface area (Å²) in [7, 11) is 0. The number of carbonyl (C=O) groups is 1. The molecular weight excluding hydrogens is 324 g/mol. The van der Waals surface area contributed by atoms with E-state index in [-0.39, 0.29) is 5.69 Å². The Kier molecular flexibility index (Phi) is 4.99. The predicted octanol–water partition coefficient (Wildman–Crippen LogP) is 4.22. The van der Waals surface area contributed by atoms with Gasteiger partial charge in [-0.3, -0.25) is 9.78 Å². The highest BCUT2D eigenvalue weighted by molar-refractivity contribution is 6.04. The molecule has 6 heteroatoms. The first-order chi connectivity index (χ1) is 12.1. The summed E-state index contributed by atoms with van der Waals surface area (Å²) in [5.41, 5.74) is 2.26. The van der Waals surface area contributed by atoms with E-state index in [1.807, 2.05) is 30.3 Å². The van der Waals surface area contributed by atoms with Crippen LogP contribution in [-0.2, 0) is 6.54 Å². The lowest BCUT2D eigenvalue weighted by molar-refractivity contribution is 0.102. The Bertz CT molecular complexity index is 885. The molecule has 0 unspecified atom stereocenters. The molecule has 25 heavy (non-hydrogen) atoms. The second-order valence-corrected chi connectivity index (χ2v) is 5.38. The maximum Gasteiger partial charge on any atom is 0.257 e. The normalized spacial score (nSPS) is 10.3. The first-order valence-electron chi connectivity index (χ1n) is 7.61.